The number of aliphatic carboxylic acids is 1. The van der Waals surface area contributed by atoms with Crippen LogP contribution in [0, 0.1) is 12.7 Å². The number of hydrogen-bond donors (Lipinski definition) is 1. The van der Waals surface area contributed by atoms with Crippen LogP contribution in [0.3, 0.4) is 0 Å². The van der Waals surface area contributed by atoms with Crippen molar-refractivity contribution in [3.63, 3.8) is 0 Å². The molecule has 1 N–H and O–H groups in total. The van der Waals surface area contributed by atoms with Gasteiger partial charge in [0.1, 0.15) is 11.3 Å². The quantitative estimate of drug-likeness (QED) is 0.655. The van der Waals surface area contributed by atoms with Gasteiger partial charge in [-0.3, -0.25) is 4.79 Å². The fourth-order valence-electron chi connectivity index (χ4n) is 4.73. The van der Waals surface area contributed by atoms with E-state index < -0.39 is 11.4 Å². The molecule has 5 heteroatoms. The Morgan fingerprint density at radius 3 is 2.79 bits per heavy atom. The summed E-state index contributed by atoms with van der Waals surface area (Å²) in [5, 5.41) is 10.1. The Hall–Kier alpha value is -2.69. The van der Waals surface area contributed by atoms with E-state index in [0.29, 0.717) is 29.9 Å². The van der Waals surface area contributed by atoms with Crippen LogP contribution in [0.2, 0.25) is 0 Å². The normalized spacial score (nSPS) is 24.7. The average Bonchev–Trinajstić information content (AvgIpc) is 3.28. The van der Waals surface area contributed by atoms with Crippen molar-refractivity contribution < 1.29 is 18.7 Å². The second-order valence-electron chi connectivity index (χ2n) is 8.29. The van der Waals surface area contributed by atoms with Crippen molar-refractivity contribution >= 4 is 17.1 Å². The Morgan fingerprint density at radius 2 is 2.04 bits per heavy atom. The summed E-state index contributed by atoms with van der Waals surface area (Å²) in [5.41, 5.74) is 2.70. The first kappa shape index (κ1) is 17.4. The van der Waals surface area contributed by atoms with Crippen molar-refractivity contribution in [1.29, 1.82) is 0 Å². The molecule has 144 valence electrons. The molecule has 1 unspecified atom stereocenters. The second kappa shape index (κ2) is 6.16. The molecule has 0 spiro atoms. The van der Waals surface area contributed by atoms with E-state index in [1.54, 1.807) is 19.1 Å². The van der Waals surface area contributed by atoms with Crippen LogP contribution in [-0.4, -0.2) is 16.1 Å². The van der Waals surface area contributed by atoms with Gasteiger partial charge in [-0.2, -0.15) is 0 Å². The van der Waals surface area contributed by atoms with Gasteiger partial charge in [0.15, 0.2) is 11.5 Å². The largest absolute Gasteiger partial charge is 0.481 e. The van der Waals surface area contributed by atoms with E-state index in [2.05, 4.69) is 4.98 Å². The molecule has 1 heterocycles. The first-order chi connectivity index (χ1) is 13.5. The van der Waals surface area contributed by atoms with Crippen molar-refractivity contribution in [2.45, 2.75) is 56.3 Å². The Bertz CT molecular complexity index is 1080. The van der Waals surface area contributed by atoms with Crippen LogP contribution in [0.5, 0.6) is 0 Å². The molecule has 0 amide bonds. The molecule has 5 rings (SSSR count). The van der Waals surface area contributed by atoms with E-state index in [4.69, 9.17) is 4.42 Å². The zero-order valence-electron chi connectivity index (χ0n) is 15.7. The smallest absolute Gasteiger partial charge is 0.314 e. The minimum atomic E-state index is -1.05. The van der Waals surface area contributed by atoms with Gasteiger partial charge in [0.05, 0.1) is 5.41 Å². The molecule has 4 nitrogen and oxygen atoms in total. The van der Waals surface area contributed by atoms with E-state index in [1.807, 2.05) is 18.2 Å². The van der Waals surface area contributed by atoms with E-state index in [1.165, 1.54) is 6.07 Å². The van der Waals surface area contributed by atoms with E-state index in [0.717, 1.165) is 41.8 Å². The first-order valence-electron chi connectivity index (χ1n) is 9.87. The van der Waals surface area contributed by atoms with Gasteiger partial charge >= 0.3 is 5.97 Å². The SMILES string of the molecule is Cc1c(F)cccc1[C@]1(C(=O)O)CCC(c2ccc3oc(C4CC4)nc3c2)C1. The predicted molar refractivity (Wildman–Crippen MR) is 103 cm³/mol. The molecule has 2 aliphatic rings. The van der Waals surface area contributed by atoms with Gasteiger partial charge in [0.25, 0.3) is 0 Å². The number of carboxylic acid groups (broad SMARTS) is 1. The highest BCUT2D eigenvalue weighted by Gasteiger charge is 2.48. The Morgan fingerprint density at radius 1 is 1.21 bits per heavy atom. The van der Waals surface area contributed by atoms with E-state index in [-0.39, 0.29) is 11.7 Å². The molecule has 2 saturated carbocycles. The second-order valence-corrected chi connectivity index (χ2v) is 8.29. The van der Waals surface area contributed by atoms with Gasteiger partial charge in [0.2, 0.25) is 0 Å². The zero-order valence-corrected chi connectivity index (χ0v) is 15.7. The summed E-state index contributed by atoms with van der Waals surface area (Å²) < 4.78 is 20.0. The summed E-state index contributed by atoms with van der Waals surface area (Å²) in [6.07, 6.45) is 3.99. The van der Waals surface area contributed by atoms with Crippen molar-refractivity contribution in [2.75, 3.05) is 0 Å². The molecular formula is C23H22FNO3. The lowest BCUT2D eigenvalue weighted by Gasteiger charge is -2.27. The Labute approximate surface area is 162 Å². The maximum Gasteiger partial charge on any atom is 0.314 e. The lowest BCUT2D eigenvalue weighted by molar-refractivity contribution is -0.143. The number of fused-ring (bicyclic) bond motifs is 1. The third-order valence-electron chi connectivity index (χ3n) is 6.53. The molecule has 0 saturated heterocycles. The predicted octanol–water partition coefficient (Wildman–Crippen LogP) is 5.44. The number of nitrogens with zero attached hydrogens (tertiary/aromatic N) is 1. The number of oxazole rings is 1. The standard InChI is InChI=1S/C23H22FNO3/c1-13-17(3-2-4-18(13)24)23(22(26)27)10-9-16(12-23)15-7-8-20-19(11-15)25-21(28-20)14-5-6-14/h2-4,7-8,11,14,16H,5-6,9-10,12H2,1H3,(H,26,27)/t16?,23-/m0/s1. The fraction of sp³-hybridized carbons (Fsp3) is 0.391. The molecule has 0 aliphatic heterocycles. The van der Waals surface area contributed by atoms with E-state index in [9.17, 15) is 14.3 Å². The lowest BCUT2D eigenvalue weighted by atomic mass is 9.75. The van der Waals surface area contributed by atoms with Gasteiger partial charge in [-0.25, -0.2) is 9.37 Å². The van der Waals surface area contributed by atoms with Crippen LogP contribution >= 0.6 is 0 Å². The summed E-state index contributed by atoms with van der Waals surface area (Å²) in [6.45, 7) is 1.67. The van der Waals surface area contributed by atoms with Crippen LogP contribution in [0.4, 0.5) is 4.39 Å². The molecule has 2 aliphatic carbocycles. The minimum absolute atomic E-state index is 0.101. The summed E-state index contributed by atoms with van der Waals surface area (Å²) >= 11 is 0. The first-order valence-corrected chi connectivity index (χ1v) is 9.87. The number of benzene rings is 2. The van der Waals surface area contributed by atoms with Crippen LogP contribution in [0.25, 0.3) is 11.1 Å². The fourth-order valence-corrected chi connectivity index (χ4v) is 4.73. The minimum Gasteiger partial charge on any atom is -0.481 e. The molecule has 0 radical (unpaired) electrons. The Balaban J connectivity index is 1.50. The zero-order chi connectivity index (χ0) is 19.5. The number of carbonyl (C=O) groups is 1. The summed E-state index contributed by atoms with van der Waals surface area (Å²) in [7, 11) is 0. The number of aromatic nitrogens is 1. The summed E-state index contributed by atoms with van der Waals surface area (Å²) in [4.78, 5) is 16.9. The summed E-state index contributed by atoms with van der Waals surface area (Å²) in [6, 6.07) is 10.7. The van der Waals surface area contributed by atoms with Crippen LogP contribution in [-0.2, 0) is 10.2 Å². The van der Waals surface area contributed by atoms with Gasteiger partial charge in [-0.1, -0.05) is 18.2 Å². The van der Waals surface area contributed by atoms with Crippen LogP contribution < -0.4 is 0 Å². The highest BCUT2D eigenvalue weighted by atomic mass is 19.1. The van der Waals surface area contributed by atoms with Gasteiger partial charge in [-0.05, 0) is 79.8 Å². The van der Waals surface area contributed by atoms with Gasteiger partial charge < -0.3 is 9.52 Å². The molecule has 2 aromatic carbocycles. The van der Waals surface area contributed by atoms with Crippen molar-refractivity contribution in [3.8, 4) is 0 Å². The van der Waals surface area contributed by atoms with Crippen molar-refractivity contribution in [2.24, 2.45) is 0 Å². The van der Waals surface area contributed by atoms with Gasteiger partial charge in [0, 0.05) is 5.92 Å². The lowest BCUT2D eigenvalue weighted by Crippen LogP contribution is -2.34. The molecule has 1 aromatic heterocycles. The Kier molecular flexibility index (Phi) is 3.83. The maximum absolute atomic E-state index is 14.1. The van der Waals surface area contributed by atoms with Crippen molar-refractivity contribution in [1.82, 2.24) is 4.98 Å². The monoisotopic (exact) mass is 379 g/mol. The number of hydrogen-bond acceptors (Lipinski definition) is 3. The molecule has 3 aromatic rings. The molecule has 2 fully saturated rings. The number of halogens is 1. The molecule has 0 bridgehead atoms. The number of carboxylic acids is 1. The van der Waals surface area contributed by atoms with Crippen LogP contribution in [0.1, 0.15) is 66.5 Å². The van der Waals surface area contributed by atoms with E-state index >= 15 is 0 Å². The third kappa shape index (κ3) is 2.64. The highest BCUT2D eigenvalue weighted by Crippen LogP contribution is 2.50. The van der Waals surface area contributed by atoms with Gasteiger partial charge in [-0.15, -0.1) is 0 Å². The average molecular weight is 379 g/mol. The maximum atomic E-state index is 14.1. The molecule has 2 atom stereocenters. The summed E-state index contributed by atoms with van der Waals surface area (Å²) in [5.74, 6) is 0.149. The number of rotatable bonds is 4. The third-order valence-corrected chi connectivity index (χ3v) is 6.53. The van der Waals surface area contributed by atoms with Crippen molar-refractivity contribution in [3.05, 3.63) is 64.8 Å². The highest BCUT2D eigenvalue weighted by molar-refractivity contribution is 5.83. The van der Waals surface area contributed by atoms with Crippen LogP contribution in [0.15, 0.2) is 40.8 Å². The molecular weight excluding hydrogens is 357 g/mol. The topological polar surface area (TPSA) is 63.3 Å². The molecule has 28 heavy (non-hydrogen) atoms.